The van der Waals surface area contributed by atoms with E-state index in [9.17, 15) is 13.2 Å². The third-order valence-corrected chi connectivity index (χ3v) is 1.41. The summed E-state index contributed by atoms with van der Waals surface area (Å²) in [5, 5.41) is 14.0. The van der Waals surface area contributed by atoms with Gasteiger partial charge in [-0.25, -0.2) is 0 Å². The Labute approximate surface area is 85.4 Å². The molecule has 0 amide bonds. The van der Waals surface area contributed by atoms with Crippen molar-refractivity contribution in [2.24, 2.45) is 0 Å². The highest BCUT2D eigenvalue weighted by Gasteiger charge is 2.33. The molecule has 0 saturated heterocycles. The minimum absolute atomic E-state index is 0. The molecule has 0 aliphatic carbocycles. The van der Waals surface area contributed by atoms with Gasteiger partial charge in [0.2, 0.25) is 0 Å². The zero-order chi connectivity index (χ0) is 11.9. The average Bonchev–Trinajstić information content (AvgIpc) is 2.18. The average molecular weight is 221 g/mol. The van der Waals surface area contributed by atoms with E-state index in [4.69, 9.17) is 10.0 Å². The maximum Gasteiger partial charge on any atom is 0.482 e. The van der Waals surface area contributed by atoms with Crippen LogP contribution in [-0.4, -0.2) is 24.8 Å². The third-order valence-electron chi connectivity index (χ3n) is 1.41. The summed E-state index contributed by atoms with van der Waals surface area (Å²) in [7, 11) is 1.21. The molecule has 0 bridgehead atoms. The molecule has 1 aromatic carbocycles. The number of ether oxygens (including phenoxy) is 1. The third kappa shape index (κ3) is 4.71. The van der Waals surface area contributed by atoms with Gasteiger partial charge >= 0.3 is 13.9 Å². The second-order valence-electron chi connectivity index (χ2n) is 2.31. The molecule has 15 heavy (non-hydrogen) atoms. The van der Waals surface area contributed by atoms with Gasteiger partial charge in [0.15, 0.2) is 0 Å². The van der Waals surface area contributed by atoms with Crippen molar-refractivity contribution >= 4 is 7.69 Å². The fourth-order valence-electron chi connectivity index (χ4n) is 0.879. The first-order chi connectivity index (χ1) is 6.97. The molecular formula is C8H9BF3O3. The van der Waals surface area contributed by atoms with Crippen molar-refractivity contribution in [2.75, 3.05) is 7.11 Å². The van der Waals surface area contributed by atoms with E-state index in [0.717, 1.165) is 6.07 Å². The van der Waals surface area contributed by atoms with Gasteiger partial charge in [0, 0.05) is 0 Å². The van der Waals surface area contributed by atoms with Crippen LogP contribution in [0.3, 0.4) is 0 Å². The van der Waals surface area contributed by atoms with Crippen molar-refractivity contribution in [3.8, 4) is 5.75 Å². The first-order valence-corrected chi connectivity index (χ1v) is 3.77. The Kier molecular flexibility index (Phi) is 5.80. The lowest BCUT2D eigenvalue weighted by molar-refractivity contribution is -0.138. The Bertz CT molecular complexity index is 291. The van der Waals surface area contributed by atoms with Gasteiger partial charge < -0.3 is 14.8 Å². The highest BCUT2D eigenvalue weighted by Crippen LogP contribution is 2.35. The van der Waals surface area contributed by atoms with Crippen LogP contribution in [0.2, 0.25) is 0 Å². The fourth-order valence-corrected chi connectivity index (χ4v) is 0.879. The summed E-state index contributed by atoms with van der Waals surface area (Å²) < 4.78 is 41.0. The standard InChI is InChI=1S/C8H7F3O.BH2O2/c1-12-7-5-3-2-4-6(7)8(9,10)11;2-1-3/h2-5H,1H3;2-3H. The van der Waals surface area contributed by atoms with Crippen LogP contribution in [0.4, 0.5) is 13.2 Å². The fraction of sp³-hybridized carbons (Fsp3) is 0.250. The molecule has 0 saturated carbocycles. The van der Waals surface area contributed by atoms with E-state index in [-0.39, 0.29) is 13.4 Å². The Balaban J connectivity index is 0.000000583. The lowest BCUT2D eigenvalue weighted by Crippen LogP contribution is -2.06. The monoisotopic (exact) mass is 221 g/mol. The predicted octanol–water partition coefficient (Wildman–Crippen LogP) is 1.22. The largest absolute Gasteiger partial charge is 0.496 e. The second kappa shape index (κ2) is 6.31. The quantitative estimate of drug-likeness (QED) is 0.701. The lowest BCUT2D eigenvalue weighted by atomic mass is 10.2. The van der Waals surface area contributed by atoms with Crippen LogP contribution in [0.5, 0.6) is 5.75 Å². The van der Waals surface area contributed by atoms with Crippen molar-refractivity contribution in [1.29, 1.82) is 0 Å². The summed E-state index contributed by atoms with van der Waals surface area (Å²) in [6.07, 6.45) is -4.34. The summed E-state index contributed by atoms with van der Waals surface area (Å²) in [6, 6.07) is 5.08. The maximum atomic E-state index is 12.2. The normalized spacial score (nSPS) is 10.0. The van der Waals surface area contributed by atoms with Crippen molar-refractivity contribution < 1.29 is 28.0 Å². The summed E-state index contributed by atoms with van der Waals surface area (Å²) in [5.41, 5.74) is -0.743. The summed E-state index contributed by atoms with van der Waals surface area (Å²) in [5.74, 6) is -0.148. The molecule has 1 radical (unpaired) electrons. The molecule has 1 rings (SSSR count). The van der Waals surface area contributed by atoms with Gasteiger partial charge in [-0.05, 0) is 12.1 Å². The molecule has 83 valence electrons. The molecule has 0 fully saturated rings. The van der Waals surface area contributed by atoms with Crippen molar-refractivity contribution in [2.45, 2.75) is 6.18 Å². The summed E-state index contributed by atoms with van der Waals surface area (Å²) in [4.78, 5) is 0. The smallest absolute Gasteiger partial charge is 0.482 e. The number of hydrogen-bond donors (Lipinski definition) is 2. The molecule has 0 atom stereocenters. The van der Waals surface area contributed by atoms with Crippen molar-refractivity contribution in [3.63, 3.8) is 0 Å². The van der Waals surface area contributed by atoms with Gasteiger partial charge in [0.05, 0.1) is 12.7 Å². The highest BCUT2D eigenvalue weighted by atomic mass is 19.4. The predicted molar refractivity (Wildman–Crippen MR) is 48.2 cm³/mol. The van der Waals surface area contributed by atoms with Crippen LogP contribution in [0.1, 0.15) is 5.56 Å². The number of alkyl halides is 3. The molecule has 1 aromatic rings. The molecule has 0 aromatic heterocycles. The van der Waals surface area contributed by atoms with Crippen LogP contribution in [0, 0.1) is 0 Å². The van der Waals surface area contributed by atoms with Gasteiger partial charge in [0.25, 0.3) is 0 Å². The zero-order valence-corrected chi connectivity index (χ0v) is 7.82. The first-order valence-electron chi connectivity index (χ1n) is 3.77. The molecule has 0 heterocycles. The molecule has 7 heteroatoms. The number of hydrogen-bond acceptors (Lipinski definition) is 3. The minimum atomic E-state index is -4.34. The van der Waals surface area contributed by atoms with Crippen LogP contribution >= 0.6 is 0 Å². The topological polar surface area (TPSA) is 49.7 Å². The van der Waals surface area contributed by atoms with Gasteiger partial charge in [-0.2, -0.15) is 13.2 Å². The Morgan fingerprint density at radius 2 is 1.67 bits per heavy atom. The molecule has 0 spiro atoms. The number of halogens is 3. The Morgan fingerprint density at radius 1 is 1.20 bits per heavy atom. The van der Waals surface area contributed by atoms with Gasteiger partial charge in [0.1, 0.15) is 5.75 Å². The molecule has 2 N–H and O–H groups in total. The molecular weight excluding hydrogens is 212 g/mol. The number of rotatable bonds is 1. The zero-order valence-electron chi connectivity index (χ0n) is 7.82. The molecule has 3 nitrogen and oxygen atoms in total. The number of benzene rings is 1. The van der Waals surface area contributed by atoms with Gasteiger partial charge in [-0.1, -0.05) is 12.1 Å². The Morgan fingerprint density at radius 3 is 2.00 bits per heavy atom. The first kappa shape index (κ1) is 13.8. The minimum Gasteiger partial charge on any atom is -0.496 e. The maximum absolute atomic E-state index is 12.2. The summed E-state index contributed by atoms with van der Waals surface area (Å²) >= 11 is 0. The van der Waals surface area contributed by atoms with Gasteiger partial charge in [-0.3, -0.25) is 0 Å². The van der Waals surface area contributed by atoms with E-state index >= 15 is 0 Å². The SMILES string of the molecule is COc1ccccc1C(F)(F)F.O[B]O. The highest BCUT2D eigenvalue weighted by molar-refractivity contribution is 6.13. The molecule has 0 aliphatic heterocycles. The lowest BCUT2D eigenvalue weighted by Gasteiger charge is -2.10. The number of para-hydroxylation sites is 1. The van der Waals surface area contributed by atoms with Crippen molar-refractivity contribution in [3.05, 3.63) is 29.8 Å². The molecule has 0 aliphatic rings. The van der Waals surface area contributed by atoms with Crippen LogP contribution in [0.25, 0.3) is 0 Å². The van der Waals surface area contributed by atoms with Crippen LogP contribution < -0.4 is 4.74 Å². The summed E-state index contributed by atoms with van der Waals surface area (Å²) in [6.45, 7) is 0. The van der Waals surface area contributed by atoms with Crippen LogP contribution in [-0.2, 0) is 6.18 Å². The van der Waals surface area contributed by atoms with E-state index in [0.29, 0.717) is 0 Å². The molecule has 0 unspecified atom stereocenters. The van der Waals surface area contributed by atoms with E-state index in [2.05, 4.69) is 4.74 Å². The Hall–Kier alpha value is -1.21. The second-order valence-corrected chi connectivity index (χ2v) is 2.31. The van der Waals surface area contributed by atoms with E-state index in [1.807, 2.05) is 0 Å². The van der Waals surface area contributed by atoms with E-state index in [1.165, 1.54) is 25.3 Å². The van der Waals surface area contributed by atoms with Gasteiger partial charge in [-0.15, -0.1) is 0 Å². The van der Waals surface area contributed by atoms with Crippen molar-refractivity contribution in [1.82, 2.24) is 0 Å². The number of methoxy groups -OCH3 is 1. The van der Waals surface area contributed by atoms with Crippen LogP contribution in [0.15, 0.2) is 24.3 Å². The van der Waals surface area contributed by atoms with E-state index < -0.39 is 11.7 Å². The van der Waals surface area contributed by atoms with E-state index in [1.54, 1.807) is 0 Å².